The van der Waals surface area contributed by atoms with Crippen LogP contribution in [0.25, 0.3) is 0 Å². The van der Waals surface area contributed by atoms with Crippen LogP contribution in [0, 0.1) is 0 Å². The van der Waals surface area contributed by atoms with E-state index in [1.807, 2.05) is 12.3 Å². The molecule has 0 unspecified atom stereocenters. The number of nitrogens with one attached hydrogen (secondary N) is 2. The molecule has 10 heteroatoms. The quantitative estimate of drug-likeness (QED) is 0.500. The molecule has 1 aliphatic rings. The highest BCUT2D eigenvalue weighted by Crippen LogP contribution is 2.31. The first-order valence-electron chi connectivity index (χ1n) is 10.6. The molecule has 0 aliphatic carbocycles. The highest BCUT2D eigenvalue weighted by Gasteiger charge is 2.17. The Labute approximate surface area is 191 Å². The summed E-state index contributed by atoms with van der Waals surface area (Å²) < 4.78 is 0. The molecule has 0 saturated carbocycles. The minimum Gasteiger partial charge on any atom is -0.368 e. The highest BCUT2D eigenvalue weighted by atomic mass is 32.1. The van der Waals surface area contributed by atoms with Crippen molar-refractivity contribution in [2.24, 2.45) is 5.73 Å². The first-order valence-corrected chi connectivity index (χ1v) is 11.5. The third kappa shape index (κ3) is 4.97. The summed E-state index contributed by atoms with van der Waals surface area (Å²) >= 11 is 1.57. The number of nitrogens with zero attached hydrogens (tertiary/aromatic N) is 5. The zero-order valence-electron chi connectivity index (χ0n) is 18.5. The Morgan fingerprint density at radius 2 is 1.81 bits per heavy atom. The summed E-state index contributed by atoms with van der Waals surface area (Å²) in [6.45, 7) is 8.28. The van der Waals surface area contributed by atoms with Crippen molar-refractivity contribution >= 4 is 46.1 Å². The van der Waals surface area contributed by atoms with Crippen molar-refractivity contribution in [3.63, 3.8) is 0 Å². The minimum absolute atomic E-state index is 0.302. The number of hydrogen-bond acceptors (Lipinski definition) is 9. The normalized spacial score (nSPS) is 14.6. The molecule has 1 saturated heterocycles. The first-order chi connectivity index (χ1) is 15.4. The van der Waals surface area contributed by atoms with Crippen LogP contribution in [0.15, 0.2) is 36.1 Å². The molecule has 3 aromatic rings. The van der Waals surface area contributed by atoms with Crippen LogP contribution in [0.3, 0.4) is 0 Å². The fraction of sp³-hybridized carbons (Fsp3) is 0.364. The van der Waals surface area contributed by atoms with Gasteiger partial charge in [-0.2, -0.15) is 0 Å². The summed E-state index contributed by atoms with van der Waals surface area (Å²) in [5, 5.41) is 6.46. The van der Waals surface area contributed by atoms with Gasteiger partial charge in [-0.3, -0.25) is 4.79 Å². The molecule has 0 bridgehead atoms. The van der Waals surface area contributed by atoms with Gasteiger partial charge in [0.2, 0.25) is 0 Å². The van der Waals surface area contributed by atoms with Gasteiger partial charge in [-0.1, -0.05) is 13.8 Å². The fourth-order valence-electron chi connectivity index (χ4n) is 3.55. The topological polar surface area (TPSA) is 112 Å². The number of amides is 1. The van der Waals surface area contributed by atoms with Crippen molar-refractivity contribution in [3.05, 3.63) is 46.5 Å². The molecule has 1 aliphatic heterocycles. The van der Waals surface area contributed by atoms with E-state index in [0.29, 0.717) is 28.8 Å². The lowest BCUT2D eigenvalue weighted by Crippen LogP contribution is -2.44. The van der Waals surface area contributed by atoms with Crippen LogP contribution >= 0.6 is 11.3 Å². The van der Waals surface area contributed by atoms with Gasteiger partial charge in [0.05, 0.1) is 33.5 Å². The highest BCUT2D eigenvalue weighted by molar-refractivity contribution is 7.10. The third-order valence-electron chi connectivity index (χ3n) is 5.41. The van der Waals surface area contributed by atoms with E-state index in [1.54, 1.807) is 22.9 Å². The molecule has 4 rings (SSSR count). The Morgan fingerprint density at radius 3 is 2.47 bits per heavy atom. The van der Waals surface area contributed by atoms with E-state index in [9.17, 15) is 4.79 Å². The zero-order valence-corrected chi connectivity index (χ0v) is 19.3. The zero-order chi connectivity index (χ0) is 22.7. The monoisotopic (exact) mass is 452 g/mol. The second-order valence-electron chi connectivity index (χ2n) is 8.14. The van der Waals surface area contributed by atoms with Gasteiger partial charge in [-0.15, -0.1) is 11.3 Å². The molecule has 0 aromatic carbocycles. The Balaban J connectivity index is 1.52. The smallest absolute Gasteiger partial charge is 0.252 e. The lowest BCUT2D eigenvalue weighted by molar-refractivity contribution is 0.100. The largest absolute Gasteiger partial charge is 0.368 e. The lowest BCUT2D eigenvalue weighted by Gasteiger charge is -2.33. The minimum atomic E-state index is -0.553. The Bertz CT molecular complexity index is 1070. The van der Waals surface area contributed by atoms with E-state index in [0.717, 1.165) is 42.6 Å². The Hall–Kier alpha value is -3.24. The van der Waals surface area contributed by atoms with Crippen LogP contribution in [0.5, 0.6) is 0 Å². The molecular formula is C22H28N8OS. The number of hydrogen-bond donors (Lipinski definition) is 3. The number of carbonyl (C=O) groups is 1. The maximum Gasteiger partial charge on any atom is 0.252 e. The number of carbonyl (C=O) groups excluding carboxylic acids is 1. The van der Waals surface area contributed by atoms with Gasteiger partial charge in [-0.25, -0.2) is 15.0 Å². The van der Waals surface area contributed by atoms with Crippen LogP contribution in [-0.2, 0) is 0 Å². The van der Waals surface area contributed by atoms with Crippen LogP contribution < -0.4 is 21.3 Å². The number of likely N-dealkylation sites (N-methyl/N-ethyl adjacent to an activating group) is 1. The number of piperazine rings is 1. The first kappa shape index (κ1) is 22.0. The predicted molar refractivity (Wildman–Crippen MR) is 129 cm³/mol. The molecule has 4 heterocycles. The van der Waals surface area contributed by atoms with Gasteiger partial charge in [0, 0.05) is 38.4 Å². The second kappa shape index (κ2) is 9.49. The van der Waals surface area contributed by atoms with Gasteiger partial charge >= 0.3 is 0 Å². The van der Waals surface area contributed by atoms with Crippen LogP contribution in [0.2, 0.25) is 0 Å². The predicted octanol–water partition coefficient (Wildman–Crippen LogP) is 3.39. The number of anilines is 5. The summed E-state index contributed by atoms with van der Waals surface area (Å²) in [5.41, 5.74) is 9.31. The van der Waals surface area contributed by atoms with E-state index < -0.39 is 5.91 Å². The summed E-state index contributed by atoms with van der Waals surface area (Å²) in [7, 11) is 2.14. The van der Waals surface area contributed by atoms with Crippen molar-refractivity contribution in [1.82, 2.24) is 19.9 Å². The maximum atomic E-state index is 11.9. The average Bonchev–Trinajstić information content (AvgIpc) is 3.23. The number of nitrogens with two attached hydrogens (primary N) is 1. The van der Waals surface area contributed by atoms with Crippen LogP contribution in [0.4, 0.5) is 28.8 Å². The summed E-state index contributed by atoms with van der Waals surface area (Å²) in [6, 6.07) is 5.74. The van der Waals surface area contributed by atoms with Crippen LogP contribution in [-0.4, -0.2) is 59.0 Å². The SMILES string of the molecule is CC(C)c1scnc1Nc1cc(Nc2ccc(N3CCN(C)CC3)cn2)ncc1C(N)=O. The van der Waals surface area contributed by atoms with Crippen molar-refractivity contribution in [1.29, 1.82) is 0 Å². The van der Waals surface area contributed by atoms with Crippen molar-refractivity contribution in [2.75, 3.05) is 48.8 Å². The van der Waals surface area contributed by atoms with Gasteiger partial charge in [0.25, 0.3) is 5.91 Å². The van der Waals surface area contributed by atoms with Gasteiger partial charge < -0.3 is 26.2 Å². The molecule has 9 nitrogen and oxygen atoms in total. The molecule has 32 heavy (non-hydrogen) atoms. The molecule has 0 radical (unpaired) electrons. The number of primary amides is 1. The molecule has 1 amide bonds. The van der Waals surface area contributed by atoms with E-state index in [2.05, 4.69) is 62.3 Å². The fourth-order valence-corrected chi connectivity index (χ4v) is 4.31. The van der Waals surface area contributed by atoms with Gasteiger partial charge in [0.1, 0.15) is 17.5 Å². The molecular weight excluding hydrogens is 424 g/mol. The third-order valence-corrected chi connectivity index (χ3v) is 6.54. The van der Waals surface area contributed by atoms with E-state index in [1.165, 1.54) is 6.20 Å². The van der Waals surface area contributed by atoms with Crippen molar-refractivity contribution in [2.45, 2.75) is 19.8 Å². The number of rotatable bonds is 7. The van der Waals surface area contributed by atoms with Crippen molar-refractivity contribution in [3.8, 4) is 0 Å². The van der Waals surface area contributed by atoms with Gasteiger partial charge in [-0.05, 0) is 25.1 Å². The van der Waals surface area contributed by atoms with Crippen LogP contribution in [0.1, 0.15) is 35.0 Å². The van der Waals surface area contributed by atoms with E-state index in [4.69, 9.17) is 5.73 Å². The second-order valence-corrected chi connectivity index (χ2v) is 9.03. The molecule has 4 N–H and O–H groups in total. The summed E-state index contributed by atoms with van der Waals surface area (Å²) in [6.07, 6.45) is 3.34. The average molecular weight is 453 g/mol. The summed E-state index contributed by atoms with van der Waals surface area (Å²) in [5.74, 6) is 1.70. The maximum absolute atomic E-state index is 11.9. The number of thiazole rings is 1. The van der Waals surface area contributed by atoms with E-state index >= 15 is 0 Å². The summed E-state index contributed by atoms with van der Waals surface area (Å²) in [4.78, 5) is 31.0. The molecule has 0 spiro atoms. The Morgan fingerprint density at radius 1 is 1.06 bits per heavy atom. The molecule has 0 atom stereocenters. The van der Waals surface area contributed by atoms with Crippen molar-refractivity contribution < 1.29 is 4.79 Å². The Kier molecular flexibility index (Phi) is 6.52. The molecule has 168 valence electrons. The van der Waals surface area contributed by atoms with Gasteiger partial charge in [0.15, 0.2) is 0 Å². The number of aromatic nitrogens is 3. The standard InChI is InChI=1S/C22H28N8OS/c1-14(2)20-22(26-13-32-20)27-17-10-19(25-12-16(17)21(23)31)28-18-5-4-15(11-24-18)30-8-6-29(3)7-9-30/h4-5,10-14H,6-9H2,1-3H3,(H2,23,31)(H2,24,25,27,28). The number of pyridine rings is 2. The molecule has 3 aromatic heterocycles. The van der Waals surface area contributed by atoms with E-state index in [-0.39, 0.29) is 0 Å². The molecule has 1 fully saturated rings. The lowest BCUT2D eigenvalue weighted by atomic mass is 10.1.